The number of amides is 2. The molecule has 0 radical (unpaired) electrons. The van der Waals surface area contributed by atoms with Gasteiger partial charge in [-0.05, 0) is 30.3 Å². The molecule has 1 fully saturated rings. The molecule has 1 unspecified atom stereocenters. The predicted molar refractivity (Wildman–Crippen MR) is 121 cm³/mol. The predicted octanol–water partition coefficient (Wildman–Crippen LogP) is 5.83. The van der Waals surface area contributed by atoms with Gasteiger partial charge >= 0.3 is 0 Å². The molecular weight excluding hydrogens is 461 g/mol. The lowest BCUT2D eigenvalue weighted by Gasteiger charge is -2.18. The zero-order valence-corrected chi connectivity index (χ0v) is 18.3. The van der Waals surface area contributed by atoms with E-state index < -0.39 is 5.92 Å². The van der Waals surface area contributed by atoms with Crippen LogP contribution >= 0.6 is 34.8 Å². The Morgan fingerprint density at radius 3 is 2.58 bits per heavy atom. The van der Waals surface area contributed by atoms with Crippen molar-refractivity contribution in [1.82, 2.24) is 4.98 Å². The molecule has 2 amide bonds. The molecule has 0 saturated carbocycles. The third-order valence-corrected chi connectivity index (χ3v) is 5.56. The number of nitrogens with one attached hydrogen (secondary N) is 1. The number of rotatable bonds is 5. The van der Waals surface area contributed by atoms with Crippen LogP contribution in [0.2, 0.25) is 15.1 Å². The van der Waals surface area contributed by atoms with Gasteiger partial charge in [0, 0.05) is 19.2 Å². The summed E-state index contributed by atoms with van der Waals surface area (Å²) in [6.45, 7) is 0.238. The first kappa shape index (κ1) is 21.4. The number of ether oxygens (including phenoxy) is 1. The molecule has 1 N–H and O–H groups in total. The molecule has 3 aromatic rings. The number of para-hydroxylation sites is 3. The topological polar surface area (TPSA) is 71.5 Å². The van der Waals surface area contributed by atoms with Crippen molar-refractivity contribution in [2.45, 2.75) is 6.42 Å². The van der Waals surface area contributed by atoms with Crippen molar-refractivity contribution in [1.29, 1.82) is 0 Å². The van der Waals surface area contributed by atoms with Crippen molar-refractivity contribution in [3.63, 3.8) is 0 Å². The molecule has 2 heterocycles. The summed E-state index contributed by atoms with van der Waals surface area (Å²) in [5, 5.41) is 3.92. The van der Waals surface area contributed by atoms with Crippen molar-refractivity contribution in [2.24, 2.45) is 5.92 Å². The van der Waals surface area contributed by atoms with Crippen LogP contribution < -0.4 is 15.0 Å². The molecule has 0 aliphatic carbocycles. The van der Waals surface area contributed by atoms with Gasteiger partial charge in [0.05, 0.1) is 27.3 Å². The molecule has 9 heteroatoms. The van der Waals surface area contributed by atoms with Crippen LogP contribution in [0.5, 0.6) is 11.6 Å². The molecule has 1 atom stereocenters. The van der Waals surface area contributed by atoms with Crippen LogP contribution in [0.25, 0.3) is 0 Å². The number of hydrogen-bond acceptors (Lipinski definition) is 4. The van der Waals surface area contributed by atoms with Crippen molar-refractivity contribution in [3.8, 4) is 11.6 Å². The minimum absolute atomic E-state index is 0.0879. The van der Waals surface area contributed by atoms with E-state index in [2.05, 4.69) is 10.3 Å². The smallest absolute Gasteiger partial charge is 0.238 e. The van der Waals surface area contributed by atoms with E-state index in [1.807, 2.05) is 0 Å². The summed E-state index contributed by atoms with van der Waals surface area (Å²) < 4.78 is 5.77. The van der Waals surface area contributed by atoms with Crippen LogP contribution in [-0.2, 0) is 9.59 Å². The standard InChI is InChI=1S/C22H16Cl3N3O3/c23-14-10-16(25)22(26-11-14)31-19-8-4-2-6-17(19)27-21(30)13-9-20(29)28(12-13)18-7-3-1-5-15(18)24/h1-8,10-11,13H,9,12H2,(H,27,30). The van der Waals surface area contributed by atoms with Gasteiger partial charge in [0.25, 0.3) is 0 Å². The molecule has 1 aliphatic rings. The fraction of sp³-hybridized carbons (Fsp3) is 0.136. The van der Waals surface area contributed by atoms with Crippen molar-refractivity contribution in [3.05, 3.63) is 75.9 Å². The van der Waals surface area contributed by atoms with Crippen LogP contribution in [0.15, 0.2) is 60.8 Å². The second kappa shape index (κ2) is 9.14. The van der Waals surface area contributed by atoms with E-state index in [-0.39, 0.29) is 35.7 Å². The van der Waals surface area contributed by atoms with E-state index in [4.69, 9.17) is 39.5 Å². The van der Waals surface area contributed by atoms with E-state index >= 15 is 0 Å². The Morgan fingerprint density at radius 2 is 1.81 bits per heavy atom. The van der Waals surface area contributed by atoms with Crippen molar-refractivity contribution >= 4 is 58.0 Å². The van der Waals surface area contributed by atoms with E-state index in [9.17, 15) is 9.59 Å². The van der Waals surface area contributed by atoms with Gasteiger partial charge in [0.15, 0.2) is 5.75 Å². The fourth-order valence-corrected chi connectivity index (χ4v) is 3.92. The molecule has 1 saturated heterocycles. The highest BCUT2D eigenvalue weighted by Crippen LogP contribution is 2.35. The largest absolute Gasteiger partial charge is 0.435 e. The van der Waals surface area contributed by atoms with Crippen LogP contribution in [0, 0.1) is 5.92 Å². The first-order valence-corrected chi connectivity index (χ1v) is 10.5. The zero-order chi connectivity index (χ0) is 22.0. The Balaban J connectivity index is 1.49. The normalized spacial score (nSPS) is 15.8. The molecule has 6 nitrogen and oxygen atoms in total. The first-order chi connectivity index (χ1) is 14.9. The molecule has 158 valence electrons. The van der Waals surface area contributed by atoms with Crippen LogP contribution in [0.3, 0.4) is 0 Å². The van der Waals surface area contributed by atoms with Gasteiger partial charge in [0.2, 0.25) is 17.7 Å². The molecule has 1 aliphatic heterocycles. The fourth-order valence-electron chi connectivity index (χ4n) is 3.26. The highest BCUT2D eigenvalue weighted by Gasteiger charge is 2.36. The van der Waals surface area contributed by atoms with Gasteiger partial charge in [-0.15, -0.1) is 0 Å². The van der Waals surface area contributed by atoms with E-state index in [0.717, 1.165) is 0 Å². The van der Waals surface area contributed by atoms with Gasteiger partial charge in [-0.3, -0.25) is 9.59 Å². The van der Waals surface area contributed by atoms with Crippen LogP contribution in [0.1, 0.15) is 6.42 Å². The zero-order valence-electron chi connectivity index (χ0n) is 16.0. The number of carbonyl (C=O) groups is 2. The van der Waals surface area contributed by atoms with Gasteiger partial charge in [0.1, 0.15) is 5.02 Å². The summed E-state index contributed by atoms with van der Waals surface area (Å²) in [6.07, 6.45) is 1.50. The van der Waals surface area contributed by atoms with Gasteiger partial charge < -0.3 is 15.0 Å². The second-order valence-electron chi connectivity index (χ2n) is 6.88. The average molecular weight is 477 g/mol. The van der Waals surface area contributed by atoms with E-state index in [1.165, 1.54) is 17.2 Å². The van der Waals surface area contributed by atoms with Gasteiger partial charge in [-0.25, -0.2) is 4.98 Å². The Morgan fingerprint density at radius 1 is 1.06 bits per heavy atom. The van der Waals surface area contributed by atoms with Crippen molar-refractivity contribution in [2.75, 3.05) is 16.8 Å². The molecule has 31 heavy (non-hydrogen) atoms. The van der Waals surface area contributed by atoms with Crippen LogP contribution in [-0.4, -0.2) is 23.3 Å². The number of nitrogens with zero attached hydrogens (tertiary/aromatic N) is 2. The summed E-state index contributed by atoms with van der Waals surface area (Å²) in [5.74, 6) is -0.466. The second-order valence-corrected chi connectivity index (χ2v) is 8.14. The Hall–Kier alpha value is -2.80. The summed E-state index contributed by atoms with van der Waals surface area (Å²) in [6, 6.07) is 15.5. The lowest BCUT2D eigenvalue weighted by atomic mass is 10.1. The minimum Gasteiger partial charge on any atom is -0.435 e. The van der Waals surface area contributed by atoms with Gasteiger partial charge in [-0.2, -0.15) is 0 Å². The third kappa shape index (κ3) is 4.77. The molecule has 1 aromatic heterocycles. The first-order valence-electron chi connectivity index (χ1n) is 9.36. The number of halogens is 3. The quantitative estimate of drug-likeness (QED) is 0.503. The molecule has 0 spiro atoms. The monoisotopic (exact) mass is 475 g/mol. The maximum Gasteiger partial charge on any atom is 0.238 e. The molecular formula is C22H16Cl3N3O3. The van der Waals surface area contributed by atoms with Crippen LogP contribution in [0.4, 0.5) is 11.4 Å². The maximum absolute atomic E-state index is 12.9. The number of aromatic nitrogens is 1. The van der Waals surface area contributed by atoms with E-state index in [1.54, 1.807) is 48.5 Å². The number of hydrogen-bond donors (Lipinski definition) is 1. The summed E-state index contributed by atoms with van der Waals surface area (Å²) in [4.78, 5) is 31.0. The van der Waals surface area contributed by atoms with Crippen molar-refractivity contribution < 1.29 is 14.3 Å². The lowest BCUT2D eigenvalue weighted by molar-refractivity contribution is -0.122. The van der Waals surface area contributed by atoms with E-state index in [0.29, 0.717) is 27.2 Å². The lowest BCUT2D eigenvalue weighted by Crippen LogP contribution is -2.28. The molecule has 4 rings (SSSR count). The molecule has 0 bridgehead atoms. The number of benzene rings is 2. The van der Waals surface area contributed by atoms with Gasteiger partial charge in [-0.1, -0.05) is 59.1 Å². The highest BCUT2D eigenvalue weighted by atomic mass is 35.5. The minimum atomic E-state index is -0.533. The average Bonchev–Trinajstić information content (AvgIpc) is 3.13. The SMILES string of the molecule is O=C(Nc1ccccc1Oc1ncc(Cl)cc1Cl)C1CC(=O)N(c2ccccc2Cl)C1. The third-order valence-electron chi connectivity index (χ3n) is 4.76. The summed E-state index contributed by atoms with van der Waals surface area (Å²) in [5.41, 5.74) is 1.03. The number of pyridine rings is 1. The number of carbonyl (C=O) groups excluding carboxylic acids is 2. The maximum atomic E-state index is 12.9. The summed E-state index contributed by atoms with van der Waals surface area (Å²) in [7, 11) is 0. The highest BCUT2D eigenvalue weighted by molar-refractivity contribution is 6.35. The summed E-state index contributed by atoms with van der Waals surface area (Å²) >= 11 is 18.2. The Bertz CT molecular complexity index is 1160. The molecule has 2 aromatic carbocycles. The Kier molecular flexibility index (Phi) is 6.32. The Labute approximate surface area is 193 Å². The number of anilines is 2.